The third-order valence-corrected chi connectivity index (χ3v) is 4.73. The molecule has 0 fully saturated rings. The van der Waals surface area contributed by atoms with Crippen molar-refractivity contribution in [3.63, 3.8) is 0 Å². The standard InChI is InChI=1S/C12H15FN6O6S2.CH4/c1-6(14)5-15-11-17-10(13)18-12(19-11)16-8-4-7(26(20,21)22)2-3-9(8)27(23,24)25;/h2-4,6H,5,14H2,1H3,(H,20,21,22)(H,23,24,25)(H2,15,16,17,18,19);1H4. The molecular formula is C13H19FN6O6S2. The van der Waals surface area contributed by atoms with Gasteiger partial charge in [-0.15, -0.1) is 0 Å². The summed E-state index contributed by atoms with van der Waals surface area (Å²) in [7, 11) is -9.48. The molecule has 2 rings (SSSR count). The monoisotopic (exact) mass is 438 g/mol. The molecule has 2 aromatic rings. The Kier molecular flexibility index (Phi) is 7.32. The number of halogens is 1. The Morgan fingerprint density at radius 2 is 1.71 bits per heavy atom. The molecule has 1 aromatic heterocycles. The van der Waals surface area contributed by atoms with Crippen molar-refractivity contribution in [2.75, 3.05) is 17.2 Å². The zero-order valence-electron chi connectivity index (χ0n) is 13.7. The van der Waals surface area contributed by atoms with E-state index in [9.17, 15) is 25.8 Å². The van der Waals surface area contributed by atoms with Crippen molar-refractivity contribution in [2.45, 2.75) is 30.2 Å². The van der Waals surface area contributed by atoms with Crippen LogP contribution in [-0.4, -0.2) is 53.5 Å². The van der Waals surface area contributed by atoms with Gasteiger partial charge in [0.25, 0.3) is 20.2 Å². The van der Waals surface area contributed by atoms with Crippen LogP contribution in [0, 0.1) is 6.08 Å². The van der Waals surface area contributed by atoms with Gasteiger partial charge in [-0.2, -0.15) is 36.2 Å². The molecule has 0 saturated carbocycles. The minimum absolute atomic E-state index is 0. The van der Waals surface area contributed by atoms with E-state index < -0.39 is 47.7 Å². The van der Waals surface area contributed by atoms with Gasteiger partial charge in [0.15, 0.2) is 0 Å². The zero-order valence-corrected chi connectivity index (χ0v) is 15.3. The van der Waals surface area contributed by atoms with E-state index in [4.69, 9.17) is 10.3 Å². The first-order valence-corrected chi connectivity index (χ1v) is 10.0. The summed E-state index contributed by atoms with van der Waals surface area (Å²) in [6.45, 7) is 1.86. The largest absolute Gasteiger partial charge is 0.352 e. The Morgan fingerprint density at radius 1 is 1.11 bits per heavy atom. The molecule has 0 amide bonds. The topological polar surface area (TPSA) is 197 Å². The number of hydrogen-bond donors (Lipinski definition) is 5. The molecule has 156 valence electrons. The Hall–Kier alpha value is -2.46. The lowest BCUT2D eigenvalue weighted by molar-refractivity contribution is 0.479. The number of aromatic nitrogens is 3. The quantitative estimate of drug-likeness (QED) is 0.379. The predicted molar refractivity (Wildman–Crippen MR) is 98.0 cm³/mol. The van der Waals surface area contributed by atoms with Crippen molar-refractivity contribution in [1.82, 2.24) is 15.0 Å². The van der Waals surface area contributed by atoms with Gasteiger partial charge in [0.1, 0.15) is 4.90 Å². The maximum absolute atomic E-state index is 13.6. The van der Waals surface area contributed by atoms with Gasteiger partial charge < -0.3 is 16.4 Å². The number of hydrogen-bond acceptors (Lipinski definition) is 10. The highest BCUT2D eigenvalue weighted by Crippen LogP contribution is 2.27. The van der Waals surface area contributed by atoms with Gasteiger partial charge in [0.05, 0.1) is 10.6 Å². The lowest BCUT2D eigenvalue weighted by atomic mass is 10.3. The van der Waals surface area contributed by atoms with E-state index in [1.165, 1.54) is 0 Å². The Bertz CT molecular complexity index is 1060. The second-order valence-corrected chi connectivity index (χ2v) is 8.15. The number of benzene rings is 1. The maximum Gasteiger partial charge on any atom is 0.315 e. The Labute approximate surface area is 160 Å². The summed E-state index contributed by atoms with van der Waals surface area (Å²) in [5.41, 5.74) is 5.03. The summed E-state index contributed by atoms with van der Waals surface area (Å²) in [5, 5.41) is 4.89. The molecule has 0 radical (unpaired) electrons. The second kappa shape index (κ2) is 8.70. The molecule has 0 aliphatic heterocycles. The molecule has 6 N–H and O–H groups in total. The van der Waals surface area contributed by atoms with E-state index in [-0.39, 0.29) is 26.0 Å². The van der Waals surface area contributed by atoms with Crippen LogP contribution in [0.25, 0.3) is 0 Å². The van der Waals surface area contributed by atoms with Gasteiger partial charge in [-0.3, -0.25) is 9.11 Å². The number of nitrogens with two attached hydrogens (primary N) is 1. The third kappa shape index (κ3) is 6.31. The third-order valence-electron chi connectivity index (χ3n) is 2.96. The molecule has 0 aliphatic rings. The molecule has 0 aliphatic carbocycles. The van der Waals surface area contributed by atoms with Crippen LogP contribution in [0.15, 0.2) is 28.0 Å². The summed E-state index contributed by atoms with van der Waals surface area (Å²) in [6.07, 6.45) is -1.22. The van der Waals surface area contributed by atoms with Gasteiger partial charge >= 0.3 is 6.08 Å². The molecule has 0 saturated heterocycles. The molecule has 12 nitrogen and oxygen atoms in total. The first-order chi connectivity index (χ1) is 12.4. The number of nitrogens with zero attached hydrogens (tertiary/aromatic N) is 3. The van der Waals surface area contributed by atoms with Crippen molar-refractivity contribution in [1.29, 1.82) is 0 Å². The van der Waals surface area contributed by atoms with E-state index >= 15 is 0 Å². The molecule has 1 heterocycles. The number of nitrogens with one attached hydrogen (secondary N) is 2. The van der Waals surface area contributed by atoms with E-state index in [0.717, 1.165) is 12.1 Å². The minimum atomic E-state index is -4.79. The summed E-state index contributed by atoms with van der Waals surface area (Å²) in [5.74, 6) is -0.714. The van der Waals surface area contributed by atoms with Crippen molar-refractivity contribution in [3.05, 3.63) is 24.3 Å². The fraction of sp³-hybridized carbons (Fsp3) is 0.308. The SMILES string of the molecule is C.CC(N)CNc1nc(F)nc(Nc2cc(S(=O)(=O)O)ccc2S(=O)(=O)O)n1. The maximum atomic E-state index is 13.6. The predicted octanol–water partition coefficient (Wildman–Crippen LogP) is 0.643. The van der Waals surface area contributed by atoms with E-state index in [1.807, 2.05) is 0 Å². The molecular weight excluding hydrogens is 419 g/mol. The second-order valence-electron chi connectivity index (χ2n) is 5.34. The van der Waals surface area contributed by atoms with Crippen LogP contribution >= 0.6 is 0 Å². The Morgan fingerprint density at radius 3 is 2.25 bits per heavy atom. The van der Waals surface area contributed by atoms with Gasteiger partial charge in [0, 0.05) is 12.6 Å². The van der Waals surface area contributed by atoms with Crippen molar-refractivity contribution in [3.8, 4) is 0 Å². The van der Waals surface area contributed by atoms with Crippen LogP contribution in [0.5, 0.6) is 0 Å². The van der Waals surface area contributed by atoms with Crippen LogP contribution in [0.1, 0.15) is 14.4 Å². The van der Waals surface area contributed by atoms with Crippen LogP contribution in [0.2, 0.25) is 0 Å². The molecule has 1 unspecified atom stereocenters. The minimum Gasteiger partial charge on any atom is -0.352 e. The average molecular weight is 438 g/mol. The zero-order chi connectivity index (χ0) is 20.4. The fourth-order valence-electron chi connectivity index (χ4n) is 1.85. The van der Waals surface area contributed by atoms with Crippen LogP contribution in [0.4, 0.5) is 22.0 Å². The summed E-state index contributed by atoms with van der Waals surface area (Å²) in [4.78, 5) is 9.05. The van der Waals surface area contributed by atoms with Gasteiger partial charge in [0.2, 0.25) is 11.9 Å². The first-order valence-electron chi connectivity index (χ1n) is 7.13. The van der Waals surface area contributed by atoms with Crippen LogP contribution in [-0.2, 0) is 20.2 Å². The molecule has 1 atom stereocenters. The molecule has 1 aromatic carbocycles. The van der Waals surface area contributed by atoms with Gasteiger partial charge in [-0.25, -0.2) is 0 Å². The van der Waals surface area contributed by atoms with E-state index in [2.05, 4.69) is 25.6 Å². The van der Waals surface area contributed by atoms with Crippen molar-refractivity contribution in [2.24, 2.45) is 5.73 Å². The van der Waals surface area contributed by atoms with Crippen molar-refractivity contribution < 1.29 is 30.3 Å². The molecule has 28 heavy (non-hydrogen) atoms. The molecule has 0 spiro atoms. The molecule has 0 bridgehead atoms. The number of rotatable bonds is 7. The average Bonchev–Trinajstić information content (AvgIpc) is 2.50. The fourth-order valence-corrected chi connectivity index (χ4v) is 2.98. The normalized spacial score (nSPS) is 12.8. The molecule has 15 heteroatoms. The van der Waals surface area contributed by atoms with Gasteiger partial charge in [-0.05, 0) is 25.1 Å². The van der Waals surface area contributed by atoms with E-state index in [1.54, 1.807) is 6.92 Å². The smallest absolute Gasteiger partial charge is 0.315 e. The van der Waals surface area contributed by atoms with Crippen LogP contribution in [0.3, 0.4) is 0 Å². The lowest BCUT2D eigenvalue weighted by Gasteiger charge is -2.12. The highest BCUT2D eigenvalue weighted by atomic mass is 32.2. The van der Waals surface area contributed by atoms with E-state index in [0.29, 0.717) is 6.07 Å². The van der Waals surface area contributed by atoms with Crippen molar-refractivity contribution >= 4 is 37.8 Å². The highest BCUT2D eigenvalue weighted by Gasteiger charge is 2.21. The summed E-state index contributed by atoms with van der Waals surface area (Å²) >= 11 is 0. The van der Waals surface area contributed by atoms with Crippen LogP contribution < -0.4 is 16.4 Å². The van der Waals surface area contributed by atoms with Gasteiger partial charge in [-0.1, -0.05) is 7.43 Å². The number of anilines is 3. The summed E-state index contributed by atoms with van der Waals surface area (Å²) < 4.78 is 77.4. The summed E-state index contributed by atoms with van der Waals surface area (Å²) in [6, 6.07) is 1.88. The first kappa shape index (κ1) is 23.6. The Balaban J connectivity index is 0.00000392. The highest BCUT2D eigenvalue weighted by molar-refractivity contribution is 7.86. The lowest BCUT2D eigenvalue weighted by Crippen LogP contribution is -2.26.